The van der Waals surface area contributed by atoms with Gasteiger partial charge in [-0.05, 0) is 54.2 Å². The standard InChI is InChI=1S/C20H25FN2O/c1-24-20-8-4-15(5-9-20)10-17-11-19(22)14-23(13-17)12-16-2-6-18(21)7-3-16/h2-9,17,19H,10-14,22H2,1H3. The average Bonchev–Trinajstić information content (AvgIpc) is 2.57. The molecule has 2 aromatic rings. The lowest BCUT2D eigenvalue weighted by atomic mass is 9.89. The summed E-state index contributed by atoms with van der Waals surface area (Å²) in [6.07, 6.45) is 2.07. The number of ether oxygens (including phenoxy) is 1. The Hall–Kier alpha value is -1.91. The van der Waals surface area contributed by atoms with E-state index in [1.54, 1.807) is 7.11 Å². The molecule has 128 valence electrons. The summed E-state index contributed by atoms with van der Waals surface area (Å²) in [5.74, 6) is 1.24. The van der Waals surface area contributed by atoms with E-state index in [9.17, 15) is 4.39 Å². The minimum Gasteiger partial charge on any atom is -0.497 e. The van der Waals surface area contributed by atoms with Crippen LogP contribution in [0.5, 0.6) is 5.75 Å². The van der Waals surface area contributed by atoms with Crippen LogP contribution < -0.4 is 10.5 Å². The van der Waals surface area contributed by atoms with Gasteiger partial charge in [0.15, 0.2) is 0 Å². The third-order valence-electron chi connectivity index (χ3n) is 4.65. The number of hydrogen-bond donors (Lipinski definition) is 1. The Morgan fingerprint density at radius 2 is 1.71 bits per heavy atom. The summed E-state index contributed by atoms with van der Waals surface area (Å²) < 4.78 is 18.3. The second-order valence-corrected chi connectivity index (χ2v) is 6.73. The Bertz CT molecular complexity index is 642. The second-order valence-electron chi connectivity index (χ2n) is 6.73. The minimum atomic E-state index is -0.188. The molecule has 0 aliphatic carbocycles. The van der Waals surface area contributed by atoms with Gasteiger partial charge in [-0.15, -0.1) is 0 Å². The maximum Gasteiger partial charge on any atom is 0.123 e. The highest BCUT2D eigenvalue weighted by atomic mass is 19.1. The van der Waals surface area contributed by atoms with Gasteiger partial charge in [-0.25, -0.2) is 4.39 Å². The quantitative estimate of drug-likeness (QED) is 0.916. The van der Waals surface area contributed by atoms with E-state index in [2.05, 4.69) is 17.0 Å². The van der Waals surface area contributed by atoms with Crippen LogP contribution in [-0.4, -0.2) is 31.1 Å². The van der Waals surface area contributed by atoms with Gasteiger partial charge in [0.05, 0.1) is 7.11 Å². The number of likely N-dealkylation sites (tertiary alicyclic amines) is 1. The Balaban J connectivity index is 1.60. The first-order chi connectivity index (χ1) is 11.6. The number of rotatable bonds is 5. The number of halogens is 1. The average molecular weight is 328 g/mol. The first kappa shape index (κ1) is 16.9. The van der Waals surface area contributed by atoms with Crippen molar-refractivity contribution >= 4 is 0 Å². The largest absolute Gasteiger partial charge is 0.497 e. The fraction of sp³-hybridized carbons (Fsp3) is 0.400. The third kappa shape index (κ3) is 4.56. The van der Waals surface area contributed by atoms with Crippen LogP contribution in [0.25, 0.3) is 0 Å². The zero-order valence-corrected chi connectivity index (χ0v) is 14.1. The van der Waals surface area contributed by atoms with Crippen molar-refractivity contribution in [3.8, 4) is 5.75 Å². The van der Waals surface area contributed by atoms with Crippen molar-refractivity contribution in [1.29, 1.82) is 0 Å². The van der Waals surface area contributed by atoms with Crippen LogP contribution in [-0.2, 0) is 13.0 Å². The van der Waals surface area contributed by atoms with E-state index < -0.39 is 0 Å². The molecular weight excluding hydrogens is 303 g/mol. The molecule has 1 aliphatic heterocycles. The smallest absolute Gasteiger partial charge is 0.123 e. The number of nitrogens with zero attached hydrogens (tertiary/aromatic N) is 1. The van der Waals surface area contributed by atoms with Gasteiger partial charge in [-0.1, -0.05) is 24.3 Å². The van der Waals surface area contributed by atoms with Crippen molar-refractivity contribution < 1.29 is 9.13 Å². The van der Waals surface area contributed by atoms with Gasteiger partial charge in [0.2, 0.25) is 0 Å². The number of benzene rings is 2. The minimum absolute atomic E-state index is 0.188. The van der Waals surface area contributed by atoms with Crippen molar-refractivity contribution in [1.82, 2.24) is 4.90 Å². The molecule has 3 rings (SSSR count). The van der Waals surface area contributed by atoms with Crippen molar-refractivity contribution in [2.75, 3.05) is 20.2 Å². The number of nitrogens with two attached hydrogens (primary N) is 1. The normalized spacial score (nSPS) is 21.6. The molecule has 0 radical (unpaired) electrons. The predicted octanol–water partition coefficient (Wildman–Crippen LogP) is 3.23. The summed E-state index contributed by atoms with van der Waals surface area (Å²) in [4.78, 5) is 2.38. The van der Waals surface area contributed by atoms with Crippen molar-refractivity contribution in [2.24, 2.45) is 11.7 Å². The second kappa shape index (κ2) is 7.77. The van der Waals surface area contributed by atoms with E-state index in [1.807, 2.05) is 24.3 Å². The molecule has 1 fully saturated rings. The van der Waals surface area contributed by atoms with E-state index in [-0.39, 0.29) is 11.9 Å². The Kier molecular flexibility index (Phi) is 5.48. The molecule has 1 aliphatic rings. The molecule has 2 unspecified atom stereocenters. The maximum absolute atomic E-state index is 13.0. The van der Waals surface area contributed by atoms with Gasteiger partial charge in [0.1, 0.15) is 11.6 Å². The number of hydrogen-bond acceptors (Lipinski definition) is 3. The van der Waals surface area contributed by atoms with Crippen molar-refractivity contribution in [3.63, 3.8) is 0 Å². The molecule has 0 saturated carbocycles. The molecule has 24 heavy (non-hydrogen) atoms. The van der Waals surface area contributed by atoms with E-state index in [4.69, 9.17) is 10.5 Å². The molecule has 0 spiro atoms. The van der Waals surface area contributed by atoms with Crippen molar-refractivity contribution in [3.05, 3.63) is 65.5 Å². The molecule has 4 heteroatoms. The highest BCUT2D eigenvalue weighted by Crippen LogP contribution is 2.23. The molecule has 1 saturated heterocycles. The maximum atomic E-state index is 13.0. The van der Waals surface area contributed by atoms with Gasteiger partial charge in [0, 0.05) is 25.7 Å². The number of methoxy groups -OCH3 is 1. The lowest BCUT2D eigenvalue weighted by Gasteiger charge is -2.36. The zero-order valence-electron chi connectivity index (χ0n) is 14.1. The van der Waals surface area contributed by atoms with Gasteiger partial charge < -0.3 is 10.5 Å². The van der Waals surface area contributed by atoms with E-state index in [1.165, 1.54) is 17.7 Å². The molecule has 0 amide bonds. The Labute approximate surface area is 143 Å². The van der Waals surface area contributed by atoms with Crippen LogP contribution in [0.4, 0.5) is 4.39 Å². The van der Waals surface area contributed by atoms with E-state index in [0.717, 1.165) is 43.8 Å². The molecule has 2 N–H and O–H groups in total. The SMILES string of the molecule is COc1ccc(CC2CC(N)CN(Cc3ccc(F)cc3)C2)cc1. The van der Waals surface area contributed by atoms with Crippen LogP contribution in [0.2, 0.25) is 0 Å². The van der Waals surface area contributed by atoms with Crippen LogP contribution in [0.15, 0.2) is 48.5 Å². The fourth-order valence-corrected chi connectivity index (χ4v) is 3.57. The van der Waals surface area contributed by atoms with Crippen LogP contribution >= 0.6 is 0 Å². The monoisotopic (exact) mass is 328 g/mol. The lowest BCUT2D eigenvalue weighted by Crippen LogP contribution is -2.47. The summed E-state index contributed by atoms with van der Waals surface area (Å²) >= 11 is 0. The highest BCUT2D eigenvalue weighted by Gasteiger charge is 2.25. The summed E-state index contributed by atoms with van der Waals surface area (Å²) in [6.45, 7) is 2.75. The van der Waals surface area contributed by atoms with Crippen molar-refractivity contribution in [2.45, 2.75) is 25.4 Å². The fourth-order valence-electron chi connectivity index (χ4n) is 3.57. The van der Waals surface area contributed by atoms with E-state index >= 15 is 0 Å². The molecule has 2 atom stereocenters. The van der Waals surface area contributed by atoms with Gasteiger partial charge in [-0.2, -0.15) is 0 Å². The highest BCUT2D eigenvalue weighted by molar-refractivity contribution is 5.27. The summed E-state index contributed by atoms with van der Waals surface area (Å²) in [6, 6.07) is 15.2. The molecule has 3 nitrogen and oxygen atoms in total. The molecule has 0 bridgehead atoms. The molecule has 2 aromatic carbocycles. The molecular formula is C20H25FN2O. The molecule has 1 heterocycles. The predicted molar refractivity (Wildman–Crippen MR) is 94.5 cm³/mol. The third-order valence-corrected chi connectivity index (χ3v) is 4.65. The van der Waals surface area contributed by atoms with Crippen LogP contribution in [0.3, 0.4) is 0 Å². The van der Waals surface area contributed by atoms with Crippen LogP contribution in [0, 0.1) is 11.7 Å². The number of piperidine rings is 1. The Morgan fingerprint density at radius 3 is 2.38 bits per heavy atom. The van der Waals surface area contributed by atoms with Crippen LogP contribution in [0.1, 0.15) is 17.5 Å². The lowest BCUT2D eigenvalue weighted by molar-refractivity contribution is 0.149. The first-order valence-electron chi connectivity index (χ1n) is 8.47. The summed E-state index contributed by atoms with van der Waals surface area (Å²) in [5.41, 5.74) is 8.72. The van der Waals surface area contributed by atoms with Gasteiger partial charge in [-0.3, -0.25) is 4.90 Å². The summed E-state index contributed by atoms with van der Waals surface area (Å²) in [7, 11) is 1.68. The molecule has 0 aromatic heterocycles. The topological polar surface area (TPSA) is 38.5 Å². The van der Waals surface area contributed by atoms with Gasteiger partial charge in [0.25, 0.3) is 0 Å². The van der Waals surface area contributed by atoms with E-state index in [0.29, 0.717) is 5.92 Å². The summed E-state index contributed by atoms with van der Waals surface area (Å²) in [5, 5.41) is 0. The Morgan fingerprint density at radius 1 is 1.04 bits per heavy atom. The first-order valence-corrected chi connectivity index (χ1v) is 8.47. The van der Waals surface area contributed by atoms with Gasteiger partial charge >= 0.3 is 0 Å². The zero-order chi connectivity index (χ0) is 16.9.